The number of benzene rings is 2. The number of nitrogens with one attached hydrogen (secondary N) is 1. The zero-order valence-electron chi connectivity index (χ0n) is 13.7. The predicted octanol–water partition coefficient (Wildman–Crippen LogP) is 5.21. The molecule has 0 bridgehead atoms. The molecule has 1 fully saturated rings. The van der Waals surface area contributed by atoms with Crippen molar-refractivity contribution < 1.29 is 4.39 Å². The summed E-state index contributed by atoms with van der Waals surface area (Å²) in [5.74, 6) is -0.137. The van der Waals surface area contributed by atoms with Crippen LogP contribution in [0.2, 0.25) is 0 Å². The van der Waals surface area contributed by atoms with Crippen LogP contribution < -0.4 is 5.32 Å². The van der Waals surface area contributed by atoms with E-state index in [2.05, 4.69) is 35.6 Å². The number of rotatable bonds is 6. The Morgan fingerprint density at radius 1 is 0.870 bits per heavy atom. The van der Waals surface area contributed by atoms with Crippen molar-refractivity contribution in [2.24, 2.45) is 0 Å². The molecular weight excluding hydrogens is 285 g/mol. The van der Waals surface area contributed by atoms with Crippen molar-refractivity contribution in [1.29, 1.82) is 0 Å². The molecular formula is C21H26FN. The third-order valence-electron chi connectivity index (χ3n) is 5.22. The van der Waals surface area contributed by atoms with Crippen LogP contribution in [-0.2, 0) is 12.0 Å². The molecule has 0 unspecified atom stereocenters. The van der Waals surface area contributed by atoms with Gasteiger partial charge in [0.25, 0.3) is 0 Å². The van der Waals surface area contributed by atoms with E-state index in [1.54, 1.807) is 12.1 Å². The minimum Gasteiger partial charge on any atom is -0.313 e. The first-order chi connectivity index (χ1) is 11.3. The molecule has 2 aromatic rings. The minimum absolute atomic E-state index is 0.137. The molecule has 2 heteroatoms. The Bertz CT molecular complexity index is 585. The van der Waals surface area contributed by atoms with Crippen LogP contribution in [0.5, 0.6) is 0 Å². The Morgan fingerprint density at radius 2 is 1.57 bits per heavy atom. The van der Waals surface area contributed by atoms with Crippen molar-refractivity contribution >= 4 is 0 Å². The summed E-state index contributed by atoms with van der Waals surface area (Å²) in [6.45, 7) is 1.92. The van der Waals surface area contributed by atoms with Crippen molar-refractivity contribution in [2.45, 2.75) is 50.5 Å². The molecule has 122 valence electrons. The fraction of sp³-hybridized carbons (Fsp3) is 0.429. The van der Waals surface area contributed by atoms with Crippen LogP contribution in [0.25, 0.3) is 0 Å². The Hall–Kier alpha value is -1.67. The van der Waals surface area contributed by atoms with Crippen molar-refractivity contribution in [1.82, 2.24) is 5.32 Å². The third kappa shape index (κ3) is 4.20. The molecule has 1 saturated carbocycles. The van der Waals surface area contributed by atoms with Crippen molar-refractivity contribution in [2.75, 3.05) is 6.54 Å². The molecule has 1 nitrogen and oxygen atoms in total. The first-order valence-corrected chi connectivity index (χ1v) is 8.79. The van der Waals surface area contributed by atoms with Gasteiger partial charge >= 0.3 is 0 Å². The molecule has 2 aromatic carbocycles. The molecule has 0 aromatic heterocycles. The lowest BCUT2D eigenvalue weighted by Gasteiger charge is -2.38. The SMILES string of the molecule is Fc1ccc(C2(CCNCc3ccccc3)CCCCC2)cc1. The Balaban J connectivity index is 1.61. The van der Waals surface area contributed by atoms with Gasteiger partial charge in [0.1, 0.15) is 5.82 Å². The van der Waals surface area contributed by atoms with Gasteiger partial charge in [0.2, 0.25) is 0 Å². The average Bonchev–Trinajstić information content (AvgIpc) is 2.61. The largest absolute Gasteiger partial charge is 0.313 e. The summed E-state index contributed by atoms with van der Waals surface area (Å²) in [7, 11) is 0. The zero-order chi connectivity index (χ0) is 16.0. The van der Waals surface area contributed by atoms with Crippen LogP contribution in [0.1, 0.15) is 49.7 Å². The fourth-order valence-corrected chi connectivity index (χ4v) is 3.87. The van der Waals surface area contributed by atoms with Crippen molar-refractivity contribution in [3.05, 3.63) is 71.5 Å². The van der Waals surface area contributed by atoms with Gasteiger partial charge in [-0.05, 0) is 54.5 Å². The maximum absolute atomic E-state index is 13.3. The second-order valence-electron chi connectivity index (χ2n) is 6.76. The molecule has 23 heavy (non-hydrogen) atoms. The second-order valence-corrected chi connectivity index (χ2v) is 6.76. The van der Waals surface area contributed by atoms with Gasteiger partial charge in [-0.3, -0.25) is 0 Å². The molecule has 0 spiro atoms. The van der Waals surface area contributed by atoms with E-state index in [1.807, 2.05) is 12.1 Å². The molecule has 1 aliphatic carbocycles. The molecule has 0 heterocycles. The van der Waals surface area contributed by atoms with E-state index < -0.39 is 0 Å². The maximum Gasteiger partial charge on any atom is 0.123 e. The van der Waals surface area contributed by atoms with Crippen LogP contribution in [0.15, 0.2) is 54.6 Å². The zero-order valence-corrected chi connectivity index (χ0v) is 13.7. The molecule has 1 N–H and O–H groups in total. The highest BCUT2D eigenvalue weighted by atomic mass is 19.1. The summed E-state index contributed by atoms with van der Waals surface area (Å²) >= 11 is 0. The van der Waals surface area contributed by atoms with Gasteiger partial charge in [0.15, 0.2) is 0 Å². The summed E-state index contributed by atoms with van der Waals surface area (Å²) in [5.41, 5.74) is 2.88. The van der Waals surface area contributed by atoms with Gasteiger partial charge in [-0.15, -0.1) is 0 Å². The fourth-order valence-electron chi connectivity index (χ4n) is 3.87. The van der Waals surface area contributed by atoms with E-state index in [0.717, 1.165) is 19.5 Å². The Morgan fingerprint density at radius 3 is 2.26 bits per heavy atom. The quantitative estimate of drug-likeness (QED) is 0.722. The smallest absolute Gasteiger partial charge is 0.123 e. The standard InChI is InChI=1S/C21H26FN/c22-20-11-9-19(10-12-20)21(13-5-2-6-14-21)15-16-23-17-18-7-3-1-4-8-18/h1,3-4,7-12,23H,2,5-6,13-17H2. The van der Waals surface area contributed by atoms with E-state index >= 15 is 0 Å². The van der Waals surface area contributed by atoms with E-state index in [1.165, 1.54) is 43.2 Å². The summed E-state index contributed by atoms with van der Waals surface area (Å²) in [6.07, 6.45) is 7.50. The predicted molar refractivity (Wildman–Crippen MR) is 93.9 cm³/mol. The average molecular weight is 311 g/mol. The van der Waals surface area contributed by atoms with Crippen LogP contribution in [0.4, 0.5) is 4.39 Å². The van der Waals surface area contributed by atoms with Gasteiger partial charge in [-0.1, -0.05) is 61.7 Å². The lowest BCUT2D eigenvalue weighted by Crippen LogP contribution is -2.33. The number of hydrogen-bond donors (Lipinski definition) is 1. The first-order valence-electron chi connectivity index (χ1n) is 8.79. The molecule has 0 atom stereocenters. The molecule has 0 radical (unpaired) electrons. The Kier molecular flexibility index (Phi) is 5.45. The second kappa shape index (κ2) is 7.74. The lowest BCUT2D eigenvalue weighted by atomic mass is 9.67. The lowest BCUT2D eigenvalue weighted by molar-refractivity contribution is 0.270. The summed E-state index contributed by atoms with van der Waals surface area (Å²) in [6, 6.07) is 17.7. The minimum atomic E-state index is -0.137. The molecule has 0 amide bonds. The molecule has 0 saturated heterocycles. The van der Waals surface area contributed by atoms with Crippen LogP contribution in [-0.4, -0.2) is 6.54 Å². The van der Waals surface area contributed by atoms with E-state index in [4.69, 9.17) is 0 Å². The van der Waals surface area contributed by atoms with E-state index in [0.29, 0.717) is 0 Å². The normalized spacial score (nSPS) is 17.1. The Labute approximate surface area is 138 Å². The van der Waals surface area contributed by atoms with Gasteiger partial charge in [-0.2, -0.15) is 0 Å². The van der Waals surface area contributed by atoms with E-state index in [9.17, 15) is 4.39 Å². The monoisotopic (exact) mass is 311 g/mol. The van der Waals surface area contributed by atoms with Crippen LogP contribution in [0.3, 0.4) is 0 Å². The summed E-state index contributed by atoms with van der Waals surface area (Å²) in [5, 5.41) is 3.58. The number of halogens is 1. The van der Waals surface area contributed by atoms with Gasteiger partial charge < -0.3 is 5.32 Å². The highest BCUT2D eigenvalue weighted by Crippen LogP contribution is 2.42. The maximum atomic E-state index is 13.3. The van der Waals surface area contributed by atoms with Gasteiger partial charge in [-0.25, -0.2) is 4.39 Å². The first kappa shape index (κ1) is 16.2. The molecule has 1 aliphatic rings. The molecule has 3 rings (SSSR count). The summed E-state index contributed by atoms with van der Waals surface area (Å²) in [4.78, 5) is 0. The highest BCUT2D eigenvalue weighted by Gasteiger charge is 2.33. The summed E-state index contributed by atoms with van der Waals surface area (Å²) < 4.78 is 13.3. The number of hydrogen-bond acceptors (Lipinski definition) is 1. The van der Waals surface area contributed by atoms with Gasteiger partial charge in [0, 0.05) is 6.54 Å². The van der Waals surface area contributed by atoms with Crippen molar-refractivity contribution in [3.8, 4) is 0 Å². The van der Waals surface area contributed by atoms with Crippen molar-refractivity contribution in [3.63, 3.8) is 0 Å². The van der Waals surface area contributed by atoms with Crippen LogP contribution >= 0.6 is 0 Å². The highest BCUT2D eigenvalue weighted by molar-refractivity contribution is 5.26. The molecule has 0 aliphatic heterocycles. The van der Waals surface area contributed by atoms with Crippen LogP contribution in [0, 0.1) is 5.82 Å². The third-order valence-corrected chi connectivity index (χ3v) is 5.22. The topological polar surface area (TPSA) is 12.0 Å². The van der Waals surface area contributed by atoms with Gasteiger partial charge in [0.05, 0.1) is 0 Å². The van der Waals surface area contributed by atoms with E-state index in [-0.39, 0.29) is 11.2 Å².